The molecule has 0 saturated carbocycles. The van der Waals surface area contributed by atoms with Gasteiger partial charge in [0.15, 0.2) is 0 Å². The average Bonchev–Trinajstić information content (AvgIpc) is 3.11. The highest BCUT2D eigenvalue weighted by atomic mass is 35.5. The zero-order valence-electron chi connectivity index (χ0n) is 12.8. The molecule has 1 aromatic carbocycles. The van der Waals surface area contributed by atoms with Crippen LogP contribution in [0.4, 0.5) is 5.69 Å². The highest BCUT2D eigenvalue weighted by molar-refractivity contribution is 7.91. The van der Waals surface area contributed by atoms with Gasteiger partial charge in [0.2, 0.25) is 10.0 Å². The Balaban J connectivity index is 1.66. The molecule has 5 nitrogen and oxygen atoms in total. The first-order valence-electron chi connectivity index (χ1n) is 7.50. The van der Waals surface area contributed by atoms with Gasteiger partial charge in [0.1, 0.15) is 10.3 Å². The maximum atomic E-state index is 12.3. The van der Waals surface area contributed by atoms with Crippen molar-refractivity contribution in [2.75, 3.05) is 18.0 Å². The molecule has 0 aliphatic carbocycles. The number of rotatable bonds is 4. The highest BCUT2D eigenvalue weighted by Crippen LogP contribution is 2.27. The Labute approximate surface area is 150 Å². The van der Waals surface area contributed by atoms with Gasteiger partial charge in [0, 0.05) is 24.2 Å². The first-order chi connectivity index (χ1) is 11.5. The van der Waals surface area contributed by atoms with E-state index in [0.29, 0.717) is 40.7 Å². The van der Waals surface area contributed by atoms with Crippen molar-refractivity contribution in [3.8, 4) is 6.07 Å². The van der Waals surface area contributed by atoms with Crippen LogP contribution in [0.5, 0.6) is 0 Å². The van der Waals surface area contributed by atoms with E-state index < -0.39 is 10.0 Å². The van der Waals surface area contributed by atoms with Crippen LogP contribution in [0.2, 0.25) is 5.02 Å². The van der Waals surface area contributed by atoms with Crippen LogP contribution in [-0.4, -0.2) is 27.5 Å². The van der Waals surface area contributed by atoms with E-state index >= 15 is 0 Å². The van der Waals surface area contributed by atoms with Gasteiger partial charge in [-0.1, -0.05) is 17.7 Å². The molecule has 0 amide bonds. The minimum atomic E-state index is -3.44. The third kappa shape index (κ3) is 3.73. The van der Waals surface area contributed by atoms with Crippen molar-refractivity contribution in [2.45, 2.75) is 23.1 Å². The van der Waals surface area contributed by atoms with Crippen molar-refractivity contribution in [1.29, 1.82) is 5.26 Å². The molecule has 1 aromatic heterocycles. The largest absolute Gasteiger partial charge is 0.370 e. The van der Waals surface area contributed by atoms with Gasteiger partial charge < -0.3 is 4.90 Å². The summed E-state index contributed by atoms with van der Waals surface area (Å²) in [5.41, 5.74) is 1.39. The Morgan fingerprint density at radius 1 is 1.29 bits per heavy atom. The molecule has 3 rings (SSSR count). The van der Waals surface area contributed by atoms with E-state index in [9.17, 15) is 13.7 Å². The SMILES string of the molecule is N#Cc1cc(Cl)ccc1N1CCC(NS(=O)(=O)c2cccs2)CC1. The summed E-state index contributed by atoms with van der Waals surface area (Å²) in [6.07, 6.45) is 1.39. The summed E-state index contributed by atoms with van der Waals surface area (Å²) in [7, 11) is -3.44. The fourth-order valence-corrected chi connectivity index (χ4v) is 5.29. The summed E-state index contributed by atoms with van der Waals surface area (Å²) in [5, 5.41) is 11.5. The molecule has 2 heterocycles. The molecule has 0 unspecified atom stereocenters. The maximum absolute atomic E-state index is 12.3. The maximum Gasteiger partial charge on any atom is 0.250 e. The molecule has 1 aliphatic rings. The molecule has 1 aliphatic heterocycles. The monoisotopic (exact) mass is 381 g/mol. The second-order valence-corrected chi connectivity index (χ2v) is 8.91. The number of nitrogens with zero attached hydrogens (tertiary/aromatic N) is 2. The zero-order chi connectivity index (χ0) is 17.2. The van der Waals surface area contributed by atoms with Crippen molar-refractivity contribution in [3.05, 3.63) is 46.3 Å². The second-order valence-electron chi connectivity index (χ2n) is 5.59. The molecule has 2 aromatic rings. The number of anilines is 1. The first kappa shape index (κ1) is 17.2. The molecule has 0 radical (unpaired) electrons. The van der Waals surface area contributed by atoms with Gasteiger partial charge in [-0.2, -0.15) is 5.26 Å². The minimum Gasteiger partial charge on any atom is -0.370 e. The lowest BCUT2D eigenvalue weighted by atomic mass is 10.0. The lowest BCUT2D eigenvalue weighted by molar-refractivity contribution is 0.460. The van der Waals surface area contributed by atoms with Crippen LogP contribution in [0.1, 0.15) is 18.4 Å². The number of nitrogens with one attached hydrogen (secondary N) is 1. The van der Waals surface area contributed by atoms with Gasteiger partial charge in [-0.3, -0.25) is 0 Å². The second kappa shape index (κ2) is 7.11. The Kier molecular flexibility index (Phi) is 5.11. The third-order valence-corrected chi connectivity index (χ3v) is 7.15. The smallest absolute Gasteiger partial charge is 0.250 e. The predicted octanol–water partition coefficient (Wildman–Crippen LogP) is 3.22. The van der Waals surface area contributed by atoms with E-state index in [1.165, 1.54) is 11.3 Å². The topological polar surface area (TPSA) is 73.2 Å². The van der Waals surface area contributed by atoms with Crippen molar-refractivity contribution >= 4 is 38.6 Å². The van der Waals surface area contributed by atoms with Crippen molar-refractivity contribution < 1.29 is 8.42 Å². The van der Waals surface area contributed by atoms with Gasteiger partial charge in [-0.25, -0.2) is 13.1 Å². The molecule has 24 heavy (non-hydrogen) atoms. The third-order valence-electron chi connectivity index (χ3n) is 4.00. The number of halogens is 1. The van der Waals surface area contributed by atoms with Gasteiger partial charge in [-0.05, 0) is 42.5 Å². The summed E-state index contributed by atoms with van der Waals surface area (Å²) < 4.78 is 27.7. The van der Waals surface area contributed by atoms with Crippen LogP contribution in [0.3, 0.4) is 0 Å². The first-order valence-corrected chi connectivity index (χ1v) is 10.2. The van der Waals surface area contributed by atoms with Crippen molar-refractivity contribution in [3.63, 3.8) is 0 Å². The van der Waals surface area contributed by atoms with Crippen LogP contribution in [0.15, 0.2) is 39.9 Å². The Bertz CT molecular complexity index is 852. The van der Waals surface area contributed by atoms with Gasteiger partial charge in [0.05, 0.1) is 11.3 Å². The van der Waals surface area contributed by atoms with Crippen LogP contribution < -0.4 is 9.62 Å². The van der Waals surface area contributed by atoms with Crippen LogP contribution in [0.25, 0.3) is 0 Å². The van der Waals surface area contributed by atoms with Crippen LogP contribution in [-0.2, 0) is 10.0 Å². The number of thiophene rings is 1. The quantitative estimate of drug-likeness (QED) is 0.882. The fourth-order valence-electron chi connectivity index (χ4n) is 2.81. The number of nitriles is 1. The summed E-state index contributed by atoms with van der Waals surface area (Å²) >= 11 is 7.15. The summed E-state index contributed by atoms with van der Waals surface area (Å²) in [6, 6.07) is 10.7. The van der Waals surface area contributed by atoms with E-state index in [2.05, 4.69) is 15.7 Å². The molecule has 0 bridgehead atoms. The Morgan fingerprint density at radius 3 is 2.67 bits per heavy atom. The van der Waals surface area contributed by atoms with E-state index in [-0.39, 0.29) is 6.04 Å². The van der Waals surface area contributed by atoms with Crippen LogP contribution in [0, 0.1) is 11.3 Å². The van der Waals surface area contributed by atoms with Gasteiger partial charge in [0.25, 0.3) is 0 Å². The number of hydrogen-bond acceptors (Lipinski definition) is 5. The number of hydrogen-bond donors (Lipinski definition) is 1. The number of sulfonamides is 1. The highest BCUT2D eigenvalue weighted by Gasteiger charge is 2.26. The normalized spacial score (nSPS) is 16.1. The van der Waals surface area contributed by atoms with Gasteiger partial charge in [-0.15, -0.1) is 11.3 Å². The molecule has 1 fully saturated rings. The van der Waals surface area contributed by atoms with Crippen molar-refractivity contribution in [2.24, 2.45) is 0 Å². The summed E-state index contributed by atoms with van der Waals surface area (Å²) in [5.74, 6) is 0. The van der Waals surface area contributed by atoms with E-state index in [0.717, 1.165) is 5.69 Å². The molecular formula is C16H16ClN3O2S2. The van der Waals surface area contributed by atoms with E-state index in [1.54, 1.807) is 29.6 Å². The summed E-state index contributed by atoms with van der Waals surface area (Å²) in [4.78, 5) is 2.10. The average molecular weight is 382 g/mol. The Hall–Kier alpha value is -1.59. The lowest BCUT2D eigenvalue weighted by Gasteiger charge is -2.34. The minimum absolute atomic E-state index is 0.0915. The molecule has 0 spiro atoms. The van der Waals surface area contributed by atoms with Crippen LogP contribution >= 0.6 is 22.9 Å². The molecule has 0 atom stereocenters. The fraction of sp³-hybridized carbons (Fsp3) is 0.312. The molecule has 126 valence electrons. The molecule has 1 N–H and O–H groups in total. The standard InChI is InChI=1S/C16H16ClN3O2S2/c17-13-3-4-15(12(10-13)11-18)20-7-5-14(6-8-20)19-24(21,22)16-2-1-9-23-16/h1-4,9-10,14,19H,5-8H2. The van der Waals surface area contributed by atoms with Crippen molar-refractivity contribution in [1.82, 2.24) is 4.72 Å². The number of benzene rings is 1. The zero-order valence-corrected chi connectivity index (χ0v) is 15.2. The molecule has 1 saturated heterocycles. The molecule has 8 heteroatoms. The van der Waals surface area contributed by atoms with E-state index in [4.69, 9.17) is 11.6 Å². The molecular weight excluding hydrogens is 366 g/mol. The Morgan fingerprint density at radius 2 is 2.04 bits per heavy atom. The predicted molar refractivity (Wildman–Crippen MR) is 96.0 cm³/mol. The number of piperidine rings is 1. The van der Waals surface area contributed by atoms with E-state index in [1.807, 2.05) is 6.07 Å². The van der Waals surface area contributed by atoms with Gasteiger partial charge >= 0.3 is 0 Å². The summed E-state index contributed by atoms with van der Waals surface area (Å²) in [6.45, 7) is 1.38. The lowest BCUT2D eigenvalue weighted by Crippen LogP contribution is -2.44.